The first kappa shape index (κ1) is 26.2. The molecule has 1 amide bonds. The van der Waals surface area contributed by atoms with Gasteiger partial charge in [-0.05, 0) is 47.5 Å². The summed E-state index contributed by atoms with van der Waals surface area (Å²) in [4.78, 5) is 14.3. The predicted octanol–water partition coefficient (Wildman–Crippen LogP) is 3.42. The Kier molecular flexibility index (Phi) is 7.25. The molecular formula is C23H20F2N4O6S2. The largest absolute Gasteiger partial charge is 0.465 e. The highest BCUT2D eigenvalue weighted by Gasteiger charge is 2.29. The van der Waals surface area contributed by atoms with Gasteiger partial charge < -0.3 is 10.4 Å². The van der Waals surface area contributed by atoms with Crippen LogP contribution in [0.25, 0.3) is 22.2 Å². The minimum Gasteiger partial charge on any atom is -0.465 e. The van der Waals surface area contributed by atoms with Crippen LogP contribution in [0.4, 0.5) is 13.6 Å². The highest BCUT2D eigenvalue weighted by Crippen LogP contribution is 2.35. The Bertz CT molecular complexity index is 1660. The van der Waals surface area contributed by atoms with Gasteiger partial charge >= 0.3 is 6.09 Å². The summed E-state index contributed by atoms with van der Waals surface area (Å²) < 4.78 is 82.2. The zero-order valence-electron chi connectivity index (χ0n) is 18.9. The maximum atomic E-state index is 14.0. The average molecular weight is 551 g/mol. The normalized spacial score (nSPS) is 12.2. The lowest BCUT2D eigenvalue weighted by Crippen LogP contribution is -2.33. The van der Waals surface area contributed by atoms with E-state index >= 15 is 0 Å². The number of carboxylic acid groups (broad SMARTS) is 1. The van der Waals surface area contributed by atoms with E-state index in [2.05, 4.69) is 9.71 Å². The van der Waals surface area contributed by atoms with Crippen LogP contribution in [0.1, 0.15) is 12.1 Å². The first-order valence-electron chi connectivity index (χ1n) is 10.7. The quantitative estimate of drug-likeness (QED) is 0.271. The minimum atomic E-state index is -4.39. The van der Waals surface area contributed by atoms with Crippen LogP contribution in [0.5, 0.6) is 0 Å². The van der Waals surface area contributed by atoms with Crippen LogP contribution in [0.3, 0.4) is 0 Å². The van der Waals surface area contributed by atoms with Crippen LogP contribution in [0, 0.1) is 0 Å². The Morgan fingerprint density at radius 2 is 1.62 bits per heavy atom. The van der Waals surface area contributed by atoms with Gasteiger partial charge in [0, 0.05) is 24.7 Å². The van der Waals surface area contributed by atoms with Crippen LogP contribution in [0.15, 0.2) is 82.7 Å². The molecule has 10 nitrogen and oxygen atoms in total. The van der Waals surface area contributed by atoms with Crippen LogP contribution in [0.2, 0.25) is 0 Å². The lowest BCUT2D eigenvalue weighted by atomic mass is 10.0. The number of hydrogen-bond acceptors (Lipinski definition) is 6. The van der Waals surface area contributed by atoms with Crippen molar-refractivity contribution in [2.75, 3.05) is 13.1 Å². The number of sulfonamides is 1. The summed E-state index contributed by atoms with van der Waals surface area (Å²) in [5.41, 5.74) is -0.136. The van der Waals surface area contributed by atoms with Crippen LogP contribution in [-0.2, 0) is 20.0 Å². The lowest BCUT2D eigenvalue weighted by Gasteiger charge is -2.11. The van der Waals surface area contributed by atoms with Gasteiger partial charge in [-0.25, -0.2) is 44.1 Å². The Morgan fingerprint density at radius 1 is 0.946 bits per heavy atom. The number of fused-ring (bicyclic) bond motifs is 1. The number of benzene rings is 2. The number of halogens is 2. The van der Waals surface area contributed by atoms with Gasteiger partial charge in [0.1, 0.15) is 5.69 Å². The Balaban J connectivity index is 1.74. The summed E-state index contributed by atoms with van der Waals surface area (Å²) >= 11 is 0. The standard InChI is InChI=1S/C23H20F2N4O6S2/c24-21(25)20-14-19-18(10-11-26-22(19)29(20)37(34,35)17-4-2-1-3-5-17)15-6-8-16(9-7-15)36(32,33)28-13-12-27-23(30)31/h1-11,14,21,27-28H,12-13H2,(H,30,31). The Labute approximate surface area is 210 Å². The summed E-state index contributed by atoms with van der Waals surface area (Å²) in [5, 5.41) is 10.7. The Hall–Kier alpha value is -3.88. The molecule has 0 aliphatic rings. The first-order chi connectivity index (χ1) is 17.5. The molecule has 4 rings (SSSR count). The SMILES string of the molecule is O=C(O)NCCNS(=O)(=O)c1ccc(-c2ccnc3c2cc(C(F)F)n3S(=O)(=O)c2ccccc2)cc1. The highest BCUT2D eigenvalue weighted by atomic mass is 32.2. The van der Waals surface area contributed by atoms with Gasteiger partial charge in [0.05, 0.1) is 9.79 Å². The monoisotopic (exact) mass is 550 g/mol. The summed E-state index contributed by atoms with van der Waals surface area (Å²) in [7, 11) is -8.34. The van der Waals surface area contributed by atoms with Gasteiger partial charge in [-0.2, -0.15) is 0 Å². The van der Waals surface area contributed by atoms with Gasteiger partial charge in [-0.3, -0.25) is 0 Å². The molecule has 0 bridgehead atoms. The maximum absolute atomic E-state index is 14.0. The van der Waals surface area contributed by atoms with E-state index in [1.165, 1.54) is 60.8 Å². The summed E-state index contributed by atoms with van der Waals surface area (Å²) in [6.45, 7) is -0.293. The molecule has 0 spiro atoms. The van der Waals surface area contributed by atoms with Crippen molar-refractivity contribution in [3.63, 3.8) is 0 Å². The molecular weight excluding hydrogens is 530 g/mol. The molecule has 4 aromatic rings. The number of carbonyl (C=O) groups is 1. The number of nitrogens with zero attached hydrogens (tertiary/aromatic N) is 2. The lowest BCUT2D eigenvalue weighted by molar-refractivity contribution is 0.145. The van der Waals surface area contributed by atoms with Crippen molar-refractivity contribution in [3.8, 4) is 11.1 Å². The van der Waals surface area contributed by atoms with E-state index in [1.54, 1.807) is 6.07 Å². The first-order valence-corrected chi connectivity index (χ1v) is 13.6. The maximum Gasteiger partial charge on any atom is 0.404 e. The summed E-state index contributed by atoms with van der Waals surface area (Å²) in [6, 6.07) is 15.2. The van der Waals surface area contributed by atoms with E-state index < -0.39 is 38.3 Å². The second-order valence-electron chi connectivity index (χ2n) is 7.70. The third-order valence-corrected chi connectivity index (χ3v) is 8.57. The highest BCUT2D eigenvalue weighted by molar-refractivity contribution is 7.90. The number of alkyl halides is 2. The fourth-order valence-corrected chi connectivity index (χ4v) is 6.23. The van der Waals surface area contributed by atoms with Crippen LogP contribution in [-0.4, -0.2) is 50.1 Å². The van der Waals surface area contributed by atoms with E-state index in [0.717, 1.165) is 6.07 Å². The molecule has 14 heteroatoms. The van der Waals surface area contributed by atoms with Crippen molar-refractivity contribution >= 4 is 37.2 Å². The van der Waals surface area contributed by atoms with Crippen molar-refractivity contribution in [2.24, 2.45) is 0 Å². The van der Waals surface area contributed by atoms with E-state index in [9.17, 15) is 30.4 Å². The molecule has 0 saturated carbocycles. The molecule has 0 unspecified atom stereocenters. The number of rotatable bonds is 9. The van der Waals surface area contributed by atoms with E-state index in [0.29, 0.717) is 15.1 Å². The van der Waals surface area contributed by atoms with Crippen LogP contribution < -0.4 is 10.0 Å². The molecule has 37 heavy (non-hydrogen) atoms. The number of pyridine rings is 1. The van der Waals surface area contributed by atoms with Crippen molar-refractivity contribution in [3.05, 3.63) is 78.6 Å². The number of nitrogens with one attached hydrogen (secondary N) is 2. The third kappa shape index (κ3) is 5.30. The van der Waals surface area contributed by atoms with Gasteiger partial charge in [0.15, 0.2) is 5.65 Å². The molecule has 0 fully saturated rings. The summed E-state index contributed by atoms with van der Waals surface area (Å²) in [6.07, 6.45) is -3.12. The molecule has 2 heterocycles. The smallest absolute Gasteiger partial charge is 0.404 e. The second kappa shape index (κ2) is 10.2. The average Bonchev–Trinajstić information content (AvgIpc) is 3.28. The van der Waals surface area contributed by atoms with Crippen molar-refractivity contribution in [1.29, 1.82) is 0 Å². The predicted molar refractivity (Wildman–Crippen MR) is 130 cm³/mol. The third-order valence-electron chi connectivity index (χ3n) is 5.36. The number of amides is 1. The van der Waals surface area contributed by atoms with Crippen LogP contribution >= 0.6 is 0 Å². The number of aromatic nitrogens is 2. The molecule has 0 radical (unpaired) electrons. The van der Waals surface area contributed by atoms with Gasteiger partial charge in [0.2, 0.25) is 10.0 Å². The van der Waals surface area contributed by atoms with Gasteiger partial charge in [-0.15, -0.1) is 0 Å². The molecule has 0 aliphatic heterocycles. The fourth-order valence-electron chi connectivity index (χ4n) is 3.70. The molecule has 0 saturated heterocycles. The molecule has 0 atom stereocenters. The molecule has 3 N–H and O–H groups in total. The zero-order chi connectivity index (χ0) is 26.8. The molecule has 2 aromatic carbocycles. The fraction of sp³-hybridized carbons (Fsp3) is 0.130. The second-order valence-corrected chi connectivity index (χ2v) is 11.3. The number of hydrogen-bond donors (Lipinski definition) is 3. The van der Waals surface area contributed by atoms with Gasteiger partial charge in [-0.1, -0.05) is 30.3 Å². The molecule has 2 aromatic heterocycles. The topological polar surface area (TPSA) is 147 Å². The van der Waals surface area contributed by atoms with E-state index in [-0.39, 0.29) is 33.9 Å². The zero-order valence-corrected chi connectivity index (χ0v) is 20.5. The van der Waals surface area contributed by atoms with E-state index in [4.69, 9.17) is 5.11 Å². The molecule has 0 aliphatic carbocycles. The van der Waals surface area contributed by atoms with Crippen molar-refractivity contribution in [1.82, 2.24) is 19.0 Å². The van der Waals surface area contributed by atoms with E-state index in [1.807, 2.05) is 5.32 Å². The minimum absolute atomic E-state index is 0.102. The van der Waals surface area contributed by atoms with Crippen molar-refractivity contribution in [2.45, 2.75) is 16.2 Å². The Morgan fingerprint density at radius 3 is 2.24 bits per heavy atom. The molecule has 194 valence electrons. The van der Waals surface area contributed by atoms with Gasteiger partial charge in [0.25, 0.3) is 16.4 Å². The van der Waals surface area contributed by atoms with Crippen molar-refractivity contribution < 1.29 is 35.5 Å². The summed E-state index contributed by atoms with van der Waals surface area (Å²) in [5.74, 6) is 0.